The fraction of sp³-hybridized carbons (Fsp3) is 0. The second-order valence-electron chi connectivity index (χ2n) is 16.1. The van der Waals surface area contributed by atoms with E-state index in [1.807, 2.05) is 11.3 Å². The van der Waals surface area contributed by atoms with Crippen LogP contribution in [0.4, 0.5) is 17.1 Å². The second kappa shape index (κ2) is 15.5. The number of thiophene rings is 1. The van der Waals surface area contributed by atoms with Crippen molar-refractivity contribution in [2.75, 3.05) is 4.90 Å². The maximum atomic E-state index is 6.75. The van der Waals surface area contributed by atoms with Gasteiger partial charge in [0.05, 0.1) is 5.69 Å². The minimum atomic E-state index is 0.854. The fourth-order valence-corrected chi connectivity index (χ4v) is 10.4. The Hall–Kier alpha value is -7.98. The number of fused-ring (bicyclic) bond motifs is 6. The number of hydrogen-bond donors (Lipinski definition) is 0. The summed E-state index contributed by atoms with van der Waals surface area (Å²) in [5.74, 6) is 0. The molecule has 2 heterocycles. The van der Waals surface area contributed by atoms with Gasteiger partial charge >= 0.3 is 0 Å². The van der Waals surface area contributed by atoms with Crippen molar-refractivity contribution in [1.29, 1.82) is 0 Å². The van der Waals surface area contributed by atoms with Crippen LogP contribution in [0, 0.1) is 0 Å². The normalized spacial score (nSPS) is 11.5. The predicted molar refractivity (Wildman–Crippen MR) is 268 cm³/mol. The molecule has 3 heteroatoms. The van der Waals surface area contributed by atoms with Gasteiger partial charge in [0.1, 0.15) is 11.2 Å². The average molecular weight is 822 g/mol. The molecule has 0 atom stereocenters. The molecule has 63 heavy (non-hydrogen) atoms. The van der Waals surface area contributed by atoms with Crippen LogP contribution in [-0.4, -0.2) is 0 Å². The first-order valence-electron chi connectivity index (χ1n) is 21.4. The van der Waals surface area contributed by atoms with Crippen LogP contribution in [0.3, 0.4) is 0 Å². The molecule has 0 saturated heterocycles. The van der Waals surface area contributed by atoms with Gasteiger partial charge < -0.3 is 9.32 Å². The molecule has 0 N–H and O–H groups in total. The summed E-state index contributed by atoms with van der Waals surface area (Å²) in [7, 11) is 0. The van der Waals surface area contributed by atoms with Crippen molar-refractivity contribution in [3.05, 3.63) is 237 Å². The van der Waals surface area contributed by atoms with Gasteiger partial charge in [-0.2, -0.15) is 0 Å². The van der Waals surface area contributed by atoms with Gasteiger partial charge in [0, 0.05) is 48.4 Å². The highest BCUT2D eigenvalue weighted by Crippen LogP contribution is 2.50. The molecule has 296 valence electrons. The van der Waals surface area contributed by atoms with Crippen molar-refractivity contribution in [3.8, 4) is 55.6 Å². The lowest BCUT2D eigenvalue weighted by atomic mass is 9.98. The minimum absolute atomic E-state index is 0.854. The van der Waals surface area contributed by atoms with Gasteiger partial charge in [-0.05, 0) is 104 Å². The summed E-state index contributed by atoms with van der Waals surface area (Å²) in [5.41, 5.74) is 16.9. The van der Waals surface area contributed by atoms with Crippen LogP contribution in [0.5, 0.6) is 0 Å². The Bertz CT molecular complexity index is 3570. The van der Waals surface area contributed by atoms with Gasteiger partial charge in [0.15, 0.2) is 0 Å². The van der Waals surface area contributed by atoms with E-state index in [0.717, 1.165) is 44.6 Å². The van der Waals surface area contributed by atoms with Crippen LogP contribution >= 0.6 is 11.3 Å². The lowest BCUT2D eigenvalue weighted by Gasteiger charge is -2.27. The van der Waals surface area contributed by atoms with Gasteiger partial charge in [0.25, 0.3) is 0 Å². The Morgan fingerprint density at radius 2 is 0.746 bits per heavy atom. The maximum absolute atomic E-state index is 6.75. The zero-order valence-electron chi connectivity index (χ0n) is 34.3. The van der Waals surface area contributed by atoms with E-state index in [9.17, 15) is 0 Å². The highest BCUT2D eigenvalue weighted by atomic mass is 32.1. The van der Waals surface area contributed by atoms with E-state index in [-0.39, 0.29) is 0 Å². The summed E-state index contributed by atoms with van der Waals surface area (Å²) in [6.45, 7) is 0. The Morgan fingerprint density at radius 1 is 0.317 bits per heavy atom. The largest absolute Gasteiger partial charge is 0.456 e. The van der Waals surface area contributed by atoms with Crippen molar-refractivity contribution in [2.24, 2.45) is 0 Å². The molecular weight excluding hydrogens is 783 g/mol. The third-order valence-electron chi connectivity index (χ3n) is 12.3. The topological polar surface area (TPSA) is 16.4 Å². The van der Waals surface area contributed by atoms with Gasteiger partial charge in [0.2, 0.25) is 0 Å². The van der Waals surface area contributed by atoms with Crippen LogP contribution < -0.4 is 4.90 Å². The first-order valence-corrected chi connectivity index (χ1v) is 22.2. The molecule has 10 aromatic carbocycles. The number of rotatable bonds is 8. The van der Waals surface area contributed by atoms with Crippen LogP contribution in [-0.2, 0) is 0 Å². The van der Waals surface area contributed by atoms with Crippen LogP contribution in [0.15, 0.2) is 241 Å². The summed E-state index contributed by atoms with van der Waals surface area (Å²) in [6.07, 6.45) is 0. The van der Waals surface area contributed by atoms with Crippen LogP contribution in [0.2, 0.25) is 0 Å². The fourth-order valence-electron chi connectivity index (χ4n) is 9.13. The Labute approximate surface area is 370 Å². The summed E-state index contributed by atoms with van der Waals surface area (Å²) in [5, 5.41) is 4.68. The van der Waals surface area contributed by atoms with Gasteiger partial charge in [-0.15, -0.1) is 11.3 Å². The summed E-state index contributed by atoms with van der Waals surface area (Å²) in [4.78, 5) is 2.42. The van der Waals surface area contributed by atoms with E-state index in [0.29, 0.717) is 0 Å². The highest BCUT2D eigenvalue weighted by molar-refractivity contribution is 7.26. The summed E-state index contributed by atoms with van der Waals surface area (Å²) >= 11 is 1.87. The maximum Gasteiger partial charge on any atom is 0.137 e. The predicted octanol–water partition coefficient (Wildman–Crippen LogP) is 17.8. The zero-order valence-corrected chi connectivity index (χ0v) is 35.1. The van der Waals surface area contributed by atoms with Crippen LogP contribution in [0.1, 0.15) is 0 Å². The molecule has 0 amide bonds. The SMILES string of the molecule is c1ccc(-c2ccc(-c3ccc(N(c4ccc5c(c4)oc4cc(-c6ccccc6)ccc45)c4ccc(-c5ccccc5)c5sc6cc(-c7ccccc7)ccc6c45)cc3)cc2)cc1. The van der Waals surface area contributed by atoms with Crippen molar-refractivity contribution in [2.45, 2.75) is 0 Å². The second-order valence-corrected chi connectivity index (χ2v) is 17.1. The lowest BCUT2D eigenvalue weighted by molar-refractivity contribution is 0.669. The number of hydrogen-bond acceptors (Lipinski definition) is 3. The van der Waals surface area contributed by atoms with E-state index in [1.165, 1.54) is 70.2 Å². The molecular formula is C60H39NOS. The monoisotopic (exact) mass is 821 g/mol. The Balaban J connectivity index is 1.04. The number of benzene rings is 10. The third kappa shape index (κ3) is 6.67. The molecule has 2 aromatic heterocycles. The van der Waals surface area contributed by atoms with Crippen LogP contribution in [0.25, 0.3) is 97.7 Å². The van der Waals surface area contributed by atoms with Crippen molar-refractivity contribution < 1.29 is 4.42 Å². The molecule has 2 nitrogen and oxygen atoms in total. The standard InChI is InChI=1S/C60H39NOS/c1-5-13-40(14-6-1)43-21-23-44(24-22-43)45-25-29-49(30-26-45)61(50-31-34-53-52-32-27-47(41-15-7-2-8-16-41)37-56(52)62-57(53)39-50)55-36-35-51(46-19-11-4-12-20-46)60-59(55)54-33-28-48(38-58(54)63-60)42-17-9-3-10-18-42/h1-39H. The van der Waals surface area contributed by atoms with E-state index in [1.54, 1.807) is 0 Å². The molecule has 12 aromatic rings. The number of anilines is 3. The molecule has 0 unspecified atom stereocenters. The molecule has 0 bridgehead atoms. The van der Waals surface area contributed by atoms with Crippen molar-refractivity contribution in [1.82, 2.24) is 0 Å². The van der Waals surface area contributed by atoms with E-state index >= 15 is 0 Å². The Morgan fingerprint density at radius 3 is 1.33 bits per heavy atom. The van der Waals surface area contributed by atoms with E-state index in [2.05, 4.69) is 241 Å². The quantitative estimate of drug-likeness (QED) is 0.152. The molecule has 0 fully saturated rings. The number of furan rings is 1. The molecule has 0 aliphatic rings. The molecule has 0 spiro atoms. The summed E-state index contributed by atoms with van der Waals surface area (Å²) in [6, 6.07) is 85.2. The molecule has 12 rings (SSSR count). The average Bonchev–Trinajstić information content (AvgIpc) is 3.93. The Kier molecular flexibility index (Phi) is 9.06. The molecule has 0 aliphatic heterocycles. The van der Waals surface area contributed by atoms with Gasteiger partial charge in [-0.25, -0.2) is 0 Å². The van der Waals surface area contributed by atoms with E-state index < -0.39 is 0 Å². The first kappa shape index (κ1) is 36.8. The van der Waals surface area contributed by atoms with Crippen molar-refractivity contribution >= 4 is 70.5 Å². The van der Waals surface area contributed by atoms with Gasteiger partial charge in [-0.1, -0.05) is 182 Å². The minimum Gasteiger partial charge on any atom is -0.456 e. The first-order chi connectivity index (χ1) is 31.2. The zero-order chi connectivity index (χ0) is 41.7. The van der Waals surface area contributed by atoms with Crippen molar-refractivity contribution in [3.63, 3.8) is 0 Å². The van der Waals surface area contributed by atoms with Gasteiger partial charge in [-0.3, -0.25) is 0 Å². The number of nitrogens with zero attached hydrogens (tertiary/aromatic N) is 1. The highest BCUT2D eigenvalue weighted by Gasteiger charge is 2.23. The molecule has 0 radical (unpaired) electrons. The molecule has 0 saturated carbocycles. The lowest BCUT2D eigenvalue weighted by Crippen LogP contribution is -2.10. The summed E-state index contributed by atoms with van der Waals surface area (Å²) < 4.78 is 9.26. The third-order valence-corrected chi connectivity index (χ3v) is 13.5. The molecule has 0 aliphatic carbocycles. The smallest absolute Gasteiger partial charge is 0.137 e. The van der Waals surface area contributed by atoms with E-state index in [4.69, 9.17) is 4.42 Å².